The molecule has 7 nitrogen and oxygen atoms in total. The van der Waals surface area contributed by atoms with Crippen molar-refractivity contribution >= 4 is 23.4 Å². The molecule has 35 heavy (non-hydrogen) atoms. The van der Waals surface area contributed by atoms with Crippen molar-refractivity contribution in [2.75, 3.05) is 24.8 Å². The van der Waals surface area contributed by atoms with Crippen molar-refractivity contribution in [3.63, 3.8) is 0 Å². The maximum Gasteiger partial charge on any atom is 0.234 e. The lowest BCUT2D eigenvalue weighted by Crippen LogP contribution is -2.14. The summed E-state index contributed by atoms with van der Waals surface area (Å²) in [5, 5.41) is 12.5. The third-order valence-corrected chi connectivity index (χ3v) is 6.15. The number of aromatic nitrogens is 3. The fourth-order valence-electron chi connectivity index (χ4n) is 3.76. The molecule has 3 aromatic carbocycles. The van der Waals surface area contributed by atoms with E-state index in [1.807, 2.05) is 86.0 Å². The molecule has 0 saturated heterocycles. The van der Waals surface area contributed by atoms with E-state index in [1.165, 1.54) is 11.8 Å². The minimum atomic E-state index is -0.104. The SMILES string of the molecule is CCOc1ccc(-n2c(SCC(=O)Nc3cc(C)cc(C)c3)nnc2-c2ccc(OC)cc2)cc1. The number of benzene rings is 3. The van der Waals surface area contributed by atoms with Gasteiger partial charge in [-0.3, -0.25) is 9.36 Å². The summed E-state index contributed by atoms with van der Waals surface area (Å²) in [5.41, 5.74) is 4.76. The van der Waals surface area contributed by atoms with Gasteiger partial charge in [-0.25, -0.2) is 0 Å². The molecular weight excluding hydrogens is 460 g/mol. The molecule has 0 unspecified atom stereocenters. The van der Waals surface area contributed by atoms with Crippen molar-refractivity contribution in [3.8, 4) is 28.6 Å². The van der Waals surface area contributed by atoms with Crippen molar-refractivity contribution in [2.45, 2.75) is 25.9 Å². The van der Waals surface area contributed by atoms with E-state index in [4.69, 9.17) is 9.47 Å². The normalized spacial score (nSPS) is 10.7. The Kier molecular flexibility index (Phi) is 7.72. The van der Waals surface area contributed by atoms with Crippen LogP contribution in [0.2, 0.25) is 0 Å². The molecule has 0 aliphatic rings. The van der Waals surface area contributed by atoms with E-state index < -0.39 is 0 Å². The lowest BCUT2D eigenvalue weighted by Gasteiger charge is -2.12. The van der Waals surface area contributed by atoms with Gasteiger partial charge < -0.3 is 14.8 Å². The van der Waals surface area contributed by atoms with Crippen LogP contribution in [0, 0.1) is 13.8 Å². The summed E-state index contributed by atoms with van der Waals surface area (Å²) >= 11 is 1.34. The van der Waals surface area contributed by atoms with Crippen LogP contribution in [0.3, 0.4) is 0 Å². The van der Waals surface area contributed by atoms with Crippen LogP contribution in [0.1, 0.15) is 18.1 Å². The molecule has 0 aliphatic heterocycles. The molecule has 4 aromatic rings. The largest absolute Gasteiger partial charge is 0.497 e. The van der Waals surface area contributed by atoms with Crippen LogP contribution in [-0.4, -0.2) is 40.1 Å². The highest BCUT2D eigenvalue weighted by molar-refractivity contribution is 7.99. The number of ether oxygens (including phenoxy) is 2. The summed E-state index contributed by atoms with van der Waals surface area (Å²) in [6.45, 7) is 6.57. The first kappa shape index (κ1) is 24.3. The smallest absolute Gasteiger partial charge is 0.234 e. The first-order valence-corrected chi connectivity index (χ1v) is 12.3. The third-order valence-electron chi connectivity index (χ3n) is 5.23. The predicted octanol–water partition coefficient (Wildman–Crippen LogP) is 5.69. The van der Waals surface area contributed by atoms with Crippen LogP contribution in [0.5, 0.6) is 11.5 Å². The maximum atomic E-state index is 12.7. The zero-order chi connectivity index (χ0) is 24.8. The lowest BCUT2D eigenvalue weighted by atomic mass is 10.1. The van der Waals surface area contributed by atoms with Gasteiger partial charge in [-0.15, -0.1) is 10.2 Å². The monoisotopic (exact) mass is 488 g/mol. The molecule has 4 rings (SSSR count). The van der Waals surface area contributed by atoms with Crippen molar-refractivity contribution < 1.29 is 14.3 Å². The summed E-state index contributed by atoms with van der Waals surface area (Å²) in [5.74, 6) is 2.32. The van der Waals surface area contributed by atoms with E-state index in [1.54, 1.807) is 7.11 Å². The Balaban J connectivity index is 1.60. The molecule has 0 saturated carbocycles. The molecule has 0 fully saturated rings. The van der Waals surface area contributed by atoms with Gasteiger partial charge in [0, 0.05) is 16.9 Å². The number of hydrogen-bond donors (Lipinski definition) is 1. The van der Waals surface area contributed by atoms with E-state index >= 15 is 0 Å². The molecule has 1 N–H and O–H groups in total. The van der Waals surface area contributed by atoms with Crippen LogP contribution in [0.4, 0.5) is 5.69 Å². The molecule has 0 spiro atoms. The second-order valence-electron chi connectivity index (χ2n) is 8.01. The molecule has 1 aromatic heterocycles. The zero-order valence-corrected chi connectivity index (χ0v) is 21.1. The Hall–Kier alpha value is -3.78. The molecule has 180 valence electrons. The van der Waals surface area contributed by atoms with Gasteiger partial charge in [-0.05, 0) is 92.6 Å². The van der Waals surface area contributed by atoms with Gasteiger partial charge in [-0.1, -0.05) is 17.8 Å². The quantitative estimate of drug-likeness (QED) is 0.305. The number of aryl methyl sites for hydroxylation is 2. The Bertz CT molecular complexity index is 1280. The van der Waals surface area contributed by atoms with Crippen molar-refractivity contribution in [2.24, 2.45) is 0 Å². The first-order chi connectivity index (χ1) is 17.0. The molecule has 0 atom stereocenters. The number of carbonyl (C=O) groups is 1. The van der Waals surface area contributed by atoms with E-state index in [-0.39, 0.29) is 11.7 Å². The van der Waals surface area contributed by atoms with Gasteiger partial charge in [0.25, 0.3) is 0 Å². The fourth-order valence-corrected chi connectivity index (χ4v) is 4.51. The number of hydrogen-bond acceptors (Lipinski definition) is 6. The number of carbonyl (C=O) groups excluding carboxylic acids is 1. The summed E-state index contributed by atoms with van der Waals surface area (Å²) in [6, 6.07) is 21.4. The number of rotatable bonds is 9. The summed E-state index contributed by atoms with van der Waals surface area (Å²) in [4.78, 5) is 12.7. The standard InChI is InChI=1S/C27H28N4O3S/c1-5-34-24-12-8-22(9-13-24)31-26(20-6-10-23(33-4)11-7-20)29-30-27(31)35-17-25(32)28-21-15-18(2)14-19(3)16-21/h6-16H,5,17H2,1-4H3,(H,28,32). The zero-order valence-electron chi connectivity index (χ0n) is 20.2. The first-order valence-electron chi connectivity index (χ1n) is 11.3. The van der Waals surface area contributed by atoms with Gasteiger partial charge in [-0.2, -0.15) is 0 Å². The van der Waals surface area contributed by atoms with Gasteiger partial charge in [0.15, 0.2) is 11.0 Å². The van der Waals surface area contributed by atoms with Gasteiger partial charge in [0.1, 0.15) is 11.5 Å². The van der Waals surface area contributed by atoms with Crippen LogP contribution in [0.25, 0.3) is 17.1 Å². The molecule has 1 heterocycles. The molecule has 0 aliphatic carbocycles. The number of anilines is 1. The number of nitrogens with one attached hydrogen (secondary N) is 1. The average Bonchev–Trinajstić information content (AvgIpc) is 3.27. The second kappa shape index (κ2) is 11.1. The third kappa shape index (κ3) is 6.02. The Morgan fingerprint density at radius 1 is 0.943 bits per heavy atom. The van der Waals surface area contributed by atoms with E-state index in [2.05, 4.69) is 21.6 Å². The van der Waals surface area contributed by atoms with Crippen molar-refractivity contribution in [1.29, 1.82) is 0 Å². The van der Waals surface area contributed by atoms with Gasteiger partial charge >= 0.3 is 0 Å². The highest BCUT2D eigenvalue weighted by atomic mass is 32.2. The Morgan fingerprint density at radius 3 is 2.23 bits per heavy atom. The highest BCUT2D eigenvalue weighted by Gasteiger charge is 2.18. The van der Waals surface area contributed by atoms with Crippen LogP contribution in [-0.2, 0) is 4.79 Å². The summed E-state index contributed by atoms with van der Waals surface area (Å²) < 4.78 is 12.8. The highest BCUT2D eigenvalue weighted by Crippen LogP contribution is 2.30. The van der Waals surface area contributed by atoms with Gasteiger partial charge in [0.05, 0.1) is 19.5 Å². The summed E-state index contributed by atoms with van der Waals surface area (Å²) in [7, 11) is 1.63. The maximum absolute atomic E-state index is 12.7. The molecule has 1 amide bonds. The minimum absolute atomic E-state index is 0.104. The average molecular weight is 489 g/mol. The predicted molar refractivity (Wildman–Crippen MR) is 140 cm³/mol. The van der Waals surface area contributed by atoms with Crippen molar-refractivity contribution in [1.82, 2.24) is 14.8 Å². The molecule has 8 heteroatoms. The van der Waals surface area contributed by atoms with Crippen molar-refractivity contribution in [3.05, 3.63) is 77.9 Å². The van der Waals surface area contributed by atoms with E-state index in [0.29, 0.717) is 17.6 Å². The fraction of sp³-hybridized carbons (Fsp3) is 0.222. The van der Waals surface area contributed by atoms with Crippen LogP contribution < -0.4 is 14.8 Å². The lowest BCUT2D eigenvalue weighted by molar-refractivity contribution is -0.113. The molecule has 0 bridgehead atoms. The second-order valence-corrected chi connectivity index (χ2v) is 8.95. The van der Waals surface area contributed by atoms with Crippen LogP contribution in [0.15, 0.2) is 71.9 Å². The van der Waals surface area contributed by atoms with E-state index in [0.717, 1.165) is 39.6 Å². The molecule has 0 radical (unpaired) electrons. The number of thioether (sulfide) groups is 1. The number of nitrogens with zero attached hydrogens (tertiary/aromatic N) is 3. The molecular formula is C27H28N4O3S. The Labute approximate surface area is 209 Å². The topological polar surface area (TPSA) is 78.3 Å². The van der Waals surface area contributed by atoms with Gasteiger partial charge in [0.2, 0.25) is 5.91 Å². The van der Waals surface area contributed by atoms with E-state index in [9.17, 15) is 4.79 Å². The Morgan fingerprint density at radius 2 is 1.60 bits per heavy atom. The number of methoxy groups -OCH3 is 1. The summed E-state index contributed by atoms with van der Waals surface area (Å²) in [6.07, 6.45) is 0. The minimum Gasteiger partial charge on any atom is -0.497 e. The number of amides is 1. The van der Waals surface area contributed by atoms with Crippen LogP contribution >= 0.6 is 11.8 Å².